The number of carboxylic acids is 1. The molecule has 0 aliphatic rings. The van der Waals surface area contributed by atoms with Gasteiger partial charge in [-0.15, -0.1) is 11.3 Å². The molecule has 0 unspecified atom stereocenters. The van der Waals surface area contributed by atoms with E-state index in [0.717, 1.165) is 11.3 Å². The molecule has 0 fully saturated rings. The Morgan fingerprint density at radius 3 is 2.46 bits per heavy atom. The van der Waals surface area contributed by atoms with Crippen LogP contribution in [-0.4, -0.2) is 32.7 Å². The van der Waals surface area contributed by atoms with Gasteiger partial charge in [0.25, 0.3) is 5.56 Å². The fraction of sp³-hybridized carbons (Fsp3) is 0.556. The van der Waals surface area contributed by atoms with E-state index in [1.54, 1.807) is 20.8 Å². The molecule has 0 saturated carbocycles. The van der Waals surface area contributed by atoms with Crippen LogP contribution in [0.3, 0.4) is 0 Å². The Morgan fingerprint density at radius 1 is 1.27 bits per heavy atom. The van der Waals surface area contributed by atoms with E-state index >= 15 is 0 Å². The van der Waals surface area contributed by atoms with Crippen molar-refractivity contribution in [2.75, 3.05) is 0 Å². The van der Waals surface area contributed by atoms with Crippen LogP contribution < -0.4 is 5.56 Å². The molecule has 142 valence electrons. The van der Waals surface area contributed by atoms with E-state index < -0.39 is 11.9 Å². The summed E-state index contributed by atoms with van der Waals surface area (Å²) < 4.78 is 6.79. The molecular weight excluding hydrogens is 356 g/mol. The lowest BCUT2D eigenvalue weighted by Crippen LogP contribution is -2.26. The van der Waals surface area contributed by atoms with Gasteiger partial charge in [-0.05, 0) is 32.8 Å². The third kappa shape index (κ3) is 4.12. The smallest absolute Gasteiger partial charge is 0.348 e. The fourth-order valence-electron chi connectivity index (χ4n) is 2.74. The van der Waals surface area contributed by atoms with Crippen molar-refractivity contribution < 1.29 is 19.4 Å². The third-order valence-corrected chi connectivity index (χ3v) is 5.06. The Kier molecular flexibility index (Phi) is 6.17. The molecule has 0 radical (unpaired) electrons. The van der Waals surface area contributed by atoms with E-state index in [4.69, 9.17) is 9.84 Å². The van der Waals surface area contributed by atoms with Gasteiger partial charge < -0.3 is 9.84 Å². The number of fused-ring (bicyclic) bond motifs is 1. The third-order valence-electron chi connectivity index (χ3n) is 3.90. The van der Waals surface area contributed by atoms with Gasteiger partial charge in [0.2, 0.25) is 0 Å². The van der Waals surface area contributed by atoms with Crippen LogP contribution in [-0.2, 0) is 16.1 Å². The van der Waals surface area contributed by atoms with Crippen molar-refractivity contribution in [3.8, 4) is 0 Å². The number of nitrogens with zero attached hydrogens (tertiary/aromatic N) is 2. The molecule has 0 amide bonds. The topological polar surface area (TPSA) is 98.5 Å². The van der Waals surface area contributed by atoms with E-state index in [9.17, 15) is 14.4 Å². The summed E-state index contributed by atoms with van der Waals surface area (Å²) in [6, 6.07) is 0. The quantitative estimate of drug-likeness (QED) is 0.740. The highest BCUT2D eigenvalue weighted by molar-refractivity contribution is 7.20. The number of aryl methyl sites for hydroxylation is 1. The Morgan fingerprint density at radius 2 is 1.92 bits per heavy atom. The highest BCUT2D eigenvalue weighted by Gasteiger charge is 2.23. The molecule has 2 aromatic heterocycles. The SMILES string of the molecule is Cc1c(C(=O)OC(C)C)sc2nc(C(C)C)n(CCCC(=O)O)c(=O)c12. The number of aromatic nitrogens is 2. The number of rotatable bonds is 7. The summed E-state index contributed by atoms with van der Waals surface area (Å²) in [6.07, 6.45) is 0.0726. The summed E-state index contributed by atoms with van der Waals surface area (Å²) in [5.74, 6) is -0.768. The van der Waals surface area contributed by atoms with Crippen LogP contribution in [0.25, 0.3) is 10.2 Å². The summed E-state index contributed by atoms with van der Waals surface area (Å²) in [7, 11) is 0. The number of ether oxygens (including phenoxy) is 1. The maximum Gasteiger partial charge on any atom is 0.348 e. The lowest BCUT2D eigenvalue weighted by molar-refractivity contribution is -0.137. The normalized spacial score (nSPS) is 11.5. The zero-order valence-electron chi connectivity index (χ0n) is 15.7. The molecule has 0 aromatic carbocycles. The van der Waals surface area contributed by atoms with Gasteiger partial charge in [-0.25, -0.2) is 9.78 Å². The van der Waals surface area contributed by atoms with Crippen LogP contribution in [0.4, 0.5) is 0 Å². The first-order valence-electron chi connectivity index (χ1n) is 8.60. The molecule has 1 N–H and O–H groups in total. The number of aliphatic carboxylic acids is 1. The molecule has 0 aliphatic heterocycles. The number of carbonyl (C=O) groups excluding carboxylic acids is 1. The molecular formula is C18H24N2O5S. The van der Waals surface area contributed by atoms with Crippen LogP contribution in [0.5, 0.6) is 0 Å². The molecule has 0 saturated heterocycles. The molecule has 2 rings (SSSR count). The summed E-state index contributed by atoms with van der Waals surface area (Å²) in [6.45, 7) is 9.39. The first-order chi connectivity index (χ1) is 12.1. The number of carboxylic acid groups (broad SMARTS) is 1. The Bertz CT molecular complexity index is 895. The minimum Gasteiger partial charge on any atom is -0.481 e. The van der Waals surface area contributed by atoms with E-state index in [1.807, 2.05) is 13.8 Å². The number of hydrogen-bond donors (Lipinski definition) is 1. The van der Waals surface area contributed by atoms with Gasteiger partial charge >= 0.3 is 11.9 Å². The van der Waals surface area contributed by atoms with Crippen molar-refractivity contribution in [2.24, 2.45) is 0 Å². The van der Waals surface area contributed by atoms with Crippen molar-refractivity contribution in [3.05, 3.63) is 26.6 Å². The van der Waals surface area contributed by atoms with Crippen LogP contribution in [0.1, 0.15) is 67.5 Å². The van der Waals surface area contributed by atoms with Crippen molar-refractivity contribution in [2.45, 2.75) is 66.0 Å². The van der Waals surface area contributed by atoms with Crippen LogP contribution in [0.15, 0.2) is 4.79 Å². The first-order valence-corrected chi connectivity index (χ1v) is 9.41. The molecule has 0 bridgehead atoms. The van der Waals surface area contributed by atoms with Crippen molar-refractivity contribution >= 4 is 33.5 Å². The molecule has 7 nitrogen and oxygen atoms in total. The van der Waals surface area contributed by atoms with Crippen molar-refractivity contribution in [3.63, 3.8) is 0 Å². The molecule has 2 aromatic rings. The highest BCUT2D eigenvalue weighted by Crippen LogP contribution is 2.29. The Hall–Kier alpha value is -2.22. The van der Waals surface area contributed by atoms with E-state index in [0.29, 0.717) is 32.9 Å². The number of carbonyl (C=O) groups is 2. The zero-order chi connectivity index (χ0) is 19.6. The lowest BCUT2D eigenvalue weighted by Gasteiger charge is -2.14. The van der Waals surface area contributed by atoms with Gasteiger partial charge in [0.05, 0.1) is 11.5 Å². The Balaban J connectivity index is 2.58. The number of esters is 1. The minimum absolute atomic E-state index is 0.00889. The van der Waals surface area contributed by atoms with Gasteiger partial charge in [-0.3, -0.25) is 14.2 Å². The van der Waals surface area contributed by atoms with Crippen LogP contribution in [0.2, 0.25) is 0 Å². The fourth-order valence-corrected chi connectivity index (χ4v) is 3.80. The van der Waals surface area contributed by atoms with E-state index in [2.05, 4.69) is 4.98 Å². The monoisotopic (exact) mass is 380 g/mol. The zero-order valence-corrected chi connectivity index (χ0v) is 16.5. The average molecular weight is 380 g/mol. The second kappa shape index (κ2) is 7.99. The maximum atomic E-state index is 13.0. The van der Waals surface area contributed by atoms with E-state index in [1.165, 1.54) is 4.57 Å². The number of thiophene rings is 1. The van der Waals surface area contributed by atoms with E-state index in [-0.39, 0.29) is 30.5 Å². The minimum atomic E-state index is -0.899. The summed E-state index contributed by atoms with van der Waals surface area (Å²) in [5, 5.41) is 9.25. The molecule has 0 spiro atoms. The second-order valence-corrected chi connectivity index (χ2v) is 7.77. The van der Waals surface area contributed by atoms with Crippen molar-refractivity contribution in [1.29, 1.82) is 0 Å². The number of hydrogen-bond acceptors (Lipinski definition) is 6. The van der Waals surface area contributed by atoms with Crippen LogP contribution in [0, 0.1) is 6.92 Å². The molecule has 2 heterocycles. The van der Waals surface area contributed by atoms with Gasteiger partial charge in [0.15, 0.2) is 0 Å². The second-order valence-electron chi connectivity index (χ2n) is 6.77. The molecule has 26 heavy (non-hydrogen) atoms. The largest absolute Gasteiger partial charge is 0.481 e. The van der Waals surface area contributed by atoms with Gasteiger partial charge in [0.1, 0.15) is 15.5 Å². The molecule has 8 heteroatoms. The lowest BCUT2D eigenvalue weighted by atomic mass is 10.1. The van der Waals surface area contributed by atoms with Crippen molar-refractivity contribution in [1.82, 2.24) is 9.55 Å². The maximum absolute atomic E-state index is 13.0. The molecule has 0 atom stereocenters. The average Bonchev–Trinajstić information content (AvgIpc) is 2.85. The summed E-state index contributed by atoms with van der Waals surface area (Å²) >= 11 is 1.16. The van der Waals surface area contributed by atoms with Gasteiger partial charge in [-0.1, -0.05) is 13.8 Å². The van der Waals surface area contributed by atoms with Gasteiger partial charge in [-0.2, -0.15) is 0 Å². The molecule has 0 aliphatic carbocycles. The standard InChI is InChI=1S/C18H24N2O5S/c1-9(2)15-19-16-13(17(23)20(15)8-6-7-12(21)22)11(5)14(26-16)18(24)25-10(3)4/h9-10H,6-8H2,1-5H3,(H,21,22). The first kappa shape index (κ1) is 20.1. The highest BCUT2D eigenvalue weighted by atomic mass is 32.1. The predicted octanol–water partition coefficient (Wildman–Crippen LogP) is 3.32. The van der Waals surface area contributed by atoms with Gasteiger partial charge in [0, 0.05) is 18.9 Å². The predicted molar refractivity (Wildman–Crippen MR) is 100 cm³/mol. The summed E-state index contributed by atoms with van der Waals surface area (Å²) in [5.41, 5.74) is 0.330. The Labute approximate surface area is 155 Å². The summed E-state index contributed by atoms with van der Waals surface area (Å²) in [4.78, 5) is 41.6. The van der Waals surface area contributed by atoms with Crippen LogP contribution >= 0.6 is 11.3 Å².